The molecular weight excluding hydrogens is 268 g/mol. The maximum absolute atomic E-state index is 12.2. The van der Waals surface area contributed by atoms with E-state index in [4.69, 9.17) is 0 Å². The lowest BCUT2D eigenvalue weighted by molar-refractivity contribution is -0.145. The summed E-state index contributed by atoms with van der Waals surface area (Å²) >= 11 is 0. The van der Waals surface area contributed by atoms with Crippen LogP contribution in [0, 0.1) is 5.92 Å². The molecule has 0 aromatic rings. The van der Waals surface area contributed by atoms with Crippen LogP contribution in [0.15, 0.2) is 0 Å². The first-order valence-corrected chi connectivity index (χ1v) is 8.05. The second-order valence-corrected chi connectivity index (χ2v) is 7.52. The van der Waals surface area contributed by atoms with Crippen molar-refractivity contribution in [2.45, 2.75) is 58.0 Å². The molecular formula is C12H24N2O4S. The predicted molar refractivity (Wildman–Crippen MR) is 73.0 cm³/mol. The van der Waals surface area contributed by atoms with Crippen LogP contribution in [-0.4, -0.2) is 42.4 Å². The van der Waals surface area contributed by atoms with E-state index < -0.39 is 21.7 Å². The number of hydrogen-bond acceptors (Lipinski definition) is 3. The van der Waals surface area contributed by atoms with Gasteiger partial charge in [0.15, 0.2) is 0 Å². The monoisotopic (exact) mass is 292 g/mol. The van der Waals surface area contributed by atoms with Crippen molar-refractivity contribution in [3.63, 3.8) is 0 Å². The molecule has 0 amide bonds. The molecule has 7 heteroatoms. The minimum atomic E-state index is -3.78. The zero-order valence-corrected chi connectivity index (χ0v) is 12.8. The highest BCUT2D eigenvalue weighted by atomic mass is 32.2. The molecule has 0 atom stereocenters. The van der Waals surface area contributed by atoms with Gasteiger partial charge in [-0.2, -0.15) is 17.4 Å². The number of carboxylic acids is 1. The Morgan fingerprint density at radius 2 is 1.84 bits per heavy atom. The third kappa shape index (κ3) is 3.67. The topological polar surface area (TPSA) is 86.7 Å². The molecule has 2 N–H and O–H groups in total. The van der Waals surface area contributed by atoms with Crippen LogP contribution in [0.3, 0.4) is 0 Å². The zero-order chi connectivity index (χ0) is 14.8. The Morgan fingerprint density at radius 3 is 2.21 bits per heavy atom. The summed E-state index contributed by atoms with van der Waals surface area (Å²) in [7, 11) is -2.33. The Kier molecular flexibility index (Phi) is 4.97. The van der Waals surface area contributed by atoms with E-state index in [9.17, 15) is 18.3 Å². The first-order chi connectivity index (χ1) is 8.61. The van der Waals surface area contributed by atoms with E-state index in [1.807, 2.05) is 0 Å². The summed E-state index contributed by atoms with van der Waals surface area (Å²) < 4.78 is 27.9. The summed E-state index contributed by atoms with van der Waals surface area (Å²) in [5.74, 6) is -0.639. The molecule has 1 aliphatic rings. The van der Waals surface area contributed by atoms with Crippen LogP contribution in [0.4, 0.5) is 0 Å². The van der Waals surface area contributed by atoms with Crippen molar-refractivity contribution in [2.75, 3.05) is 7.05 Å². The van der Waals surface area contributed by atoms with Gasteiger partial charge in [-0.3, -0.25) is 4.79 Å². The van der Waals surface area contributed by atoms with Crippen LogP contribution >= 0.6 is 0 Å². The largest absolute Gasteiger partial charge is 0.480 e. The van der Waals surface area contributed by atoms with E-state index >= 15 is 0 Å². The zero-order valence-electron chi connectivity index (χ0n) is 12.0. The quantitative estimate of drug-likeness (QED) is 0.797. The molecule has 0 spiro atoms. The molecule has 0 saturated heterocycles. The molecule has 0 bridgehead atoms. The summed E-state index contributed by atoms with van der Waals surface area (Å²) in [5.41, 5.74) is -1.35. The van der Waals surface area contributed by atoms with Gasteiger partial charge in [-0.1, -0.05) is 6.92 Å². The molecule has 0 heterocycles. The van der Waals surface area contributed by atoms with E-state index in [1.165, 1.54) is 7.05 Å². The highest BCUT2D eigenvalue weighted by Crippen LogP contribution is 2.33. The van der Waals surface area contributed by atoms with Crippen LogP contribution < -0.4 is 4.72 Å². The van der Waals surface area contributed by atoms with Crippen molar-refractivity contribution in [3.8, 4) is 0 Å². The lowest BCUT2D eigenvalue weighted by Crippen LogP contribution is -2.59. The lowest BCUT2D eigenvalue weighted by atomic mass is 9.78. The van der Waals surface area contributed by atoms with Crippen LogP contribution in [0.5, 0.6) is 0 Å². The molecule has 0 aliphatic heterocycles. The van der Waals surface area contributed by atoms with Crippen molar-refractivity contribution >= 4 is 16.2 Å². The number of aliphatic carboxylic acids is 1. The summed E-state index contributed by atoms with van der Waals surface area (Å²) in [4.78, 5) is 11.5. The number of carbonyl (C=O) groups is 1. The van der Waals surface area contributed by atoms with Crippen molar-refractivity contribution in [2.24, 2.45) is 5.92 Å². The number of rotatable bonds is 5. The predicted octanol–water partition coefficient (Wildman–Crippen LogP) is 1.19. The summed E-state index contributed by atoms with van der Waals surface area (Å²) in [6, 6.07) is -0.217. The fraction of sp³-hybridized carbons (Fsp3) is 0.917. The summed E-state index contributed by atoms with van der Waals surface area (Å²) in [6.45, 7) is 5.55. The Hall–Kier alpha value is -0.660. The second kappa shape index (κ2) is 5.76. The Labute approximate surface area is 115 Å². The highest BCUT2D eigenvalue weighted by Gasteiger charge is 2.45. The minimum absolute atomic E-state index is 0.217. The van der Waals surface area contributed by atoms with Crippen LogP contribution in [0.2, 0.25) is 0 Å². The second-order valence-electron chi connectivity index (χ2n) is 5.79. The Bertz CT molecular complexity index is 425. The molecule has 6 nitrogen and oxygen atoms in total. The molecule has 0 unspecified atom stereocenters. The van der Waals surface area contributed by atoms with Crippen LogP contribution in [0.25, 0.3) is 0 Å². The van der Waals surface area contributed by atoms with Gasteiger partial charge in [0.25, 0.3) is 10.2 Å². The van der Waals surface area contributed by atoms with Gasteiger partial charge in [0, 0.05) is 13.1 Å². The van der Waals surface area contributed by atoms with Crippen molar-refractivity contribution in [1.29, 1.82) is 0 Å². The van der Waals surface area contributed by atoms with Crippen LogP contribution in [0.1, 0.15) is 46.5 Å². The lowest BCUT2D eigenvalue weighted by Gasteiger charge is -2.37. The van der Waals surface area contributed by atoms with E-state index in [-0.39, 0.29) is 6.04 Å². The van der Waals surface area contributed by atoms with E-state index in [2.05, 4.69) is 11.6 Å². The first-order valence-electron chi connectivity index (χ1n) is 6.61. The third-order valence-corrected chi connectivity index (χ3v) is 5.80. The summed E-state index contributed by atoms with van der Waals surface area (Å²) in [5, 5.41) is 9.41. The van der Waals surface area contributed by atoms with E-state index in [0.29, 0.717) is 18.8 Å². The number of nitrogens with zero attached hydrogens (tertiary/aromatic N) is 1. The average Bonchev–Trinajstić information content (AvgIpc) is 2.30. The normalized spacial score (nSPS) is 28.8. The molecule has 0 aromatic carbocycles. The molecule has 112 valence electrons. The van der Waals surface area contributed by atoms with Crippen molar-refractivity contribution < 1.29 is 18.3 Å². The number of nitrogens with one attached hydrogen (secondary N) is 1. The third-order valence-electron chi connectivity index (χ3n) is 3.97. The minimum Gasteiger partial charge on any atom is -0.480 e. The van der Waals surface area contributed by atoms with Gasteiger partial charge in [-0.25, -0.2) is 0 Å². The van der Waals surface area contributed by atoms with Crippen molar-refractivity contribution in [3.05, 3.63) is 0 Å². The molecule has 1 fully saturated rings. The van der Waals surface area contributed by atoms with Gasteiger partial charge >= 0.3 is 5.97 Å². The standard InChI is InChI=1S/C12H24N2O4S/c1-9(2)14(4)19(17,18)13-12(11(15)16)7-5-10(3)6-8-12/h9-10,13H,5-8H2,1-4H3,(H,15,16). The number of hydrogen-bond donors (Lipinski definition) is 2. The summed E-state index contributed by atoms with van der Waals surface area (Å²) in [6.07, 6.45) is 2.13. The fourth-order valence-corrected chi connectivity index (χ4v) is 3.70. The van der Waals surface area contributed by atoms with Gasteiger partial charge in [0.2, 0.25) is 0 Å². The SMILES string of the molecule is CC1CCC(NS(=O)(=O)N(C)C(C)C)(C(=O)O)CC1. The maximum Gasteiger partial charge on any atom is 0.324 e. The molecule has 1 saturated carbocycles. The molecule has 19 heavy (non-hydrogen) atoms. The van der Waals surface area contributed by atoms with Gasteiger partial charge in [0.05, 0.1) is 0 Å². The van der Waals surface area contributed by atoms with E-state index in [0.717, 1.165) is 17.1 Å². The van der Waals surface area contributed by atoms with Crippen LogP contribution in [-0.2, 0) is 15.0 Å². The molecule has 1 aliphatic carbocycles. The molecule has 0 aromatic heterocycles. The van der Waals surface area contributed by atoms with Gasteiger partial charge in [-0.15, -0.1) is 0 Å². The van der Waals surface area contributed by atoms with Gasteiger partial charge in [-0.05, 0) is 45.4 Å². The van der Waals surface area contributed by atoms with Gasteiger partial charge in [0.1, 0.15) is 5.54 Å². The highest BCUT2D eigenvalue weighted by molar-refractivity contribution is 7.87. The molecule has 1 rings (SSSR count). The van der Waals surface area contributed by atoms with Gasteiger partial charge < -0.3 is 5.11 Å². The van der Waals surface area contributed by atoms with Crippen molar-refractivity contribution in [1.82, 2.24) is 9.03 Å². The average molecular weight is 292 g/mol. The maximum atomic E-state index is 12.2. The smallest absolute Gasteiger partial charge is 0.324 e. The molecule has 0 radical (unpaired) electrons. The Morgan fingerprint density at radius 1 is 1.37 bits per heavy atom. The van der Waals surface area contributed by atoms with E-state index in [1.54, 1.807) is 13.8 Å². The fourth-order valence-electron chi connectivity index (χ4n) is 2.21. The number of carboxylic acid groups (broad SMARTS) is 1. The first kappa shape index (κ1) is 16.4. The Balaban J connectivity index is 2.95.